The molecule has 7 heteroatoms. The summed E-state index contributed by atoms with van der Waals surface area (Å²) in [7, 11) is 0. The van der Waals surface area contributed by atoms with Crippen molar-refractivity contribution in [2.45, 2.75) is 26.2 Å². The van der Waals surface area contributed by atoms with Crippen molar-refractivity contribution in [3.05, 3.63) is 30.1 Å². The lowest BCUT2D eigenvalue weighted by Crippen LogP contribution is -2.43. The van der Waals surface area contributed by atoms with Crippen molar-refractivity contribution in [2.75, 3.05) is 48.3 Å². The smallest absolute Gasteiger partial charge is 0.123 e. The van der Waals surface area contributed by atoms with Crippen LogP contribution >= 0.6 is 35.8 Å². The quantitative estimate of drug-likeness (QED) is 0.435. The van der Waals surface area contributed by atoms with Gasteiger partial charge in [0.25, 0.3) is 0 Å². The first-order chi connectivity index (χ1) is 11.8. The van der Waals surface area contributed by atoms with Crippen molar-refractivity contribution >= 4 is 41.5 Å². The molecule has 1 heterocycles. The van der Waals surface area contributed by atoms with E-state index in [9.17, 15) is 4.39 Å². The maximum Gasteiger partial charge on any atom is 0.123 e. The lowest BCUT2D eigenvalue weighted by molar-refractivity contribution is 0.429. The molecule has 1 aromatic rings. The van der Waals surface area contributed by atoms with Gasteiger partial charge in [0, 0.05) is 49.1 Å². The van der Waals surface area contributed by atoms with Crippen LogP contribution in [0.2, 0.25) is 0 Å². The molecule has 24 heavy (non-hydrogen) atoms. The highest BCUT2D eigenvalue weighted by Gasteiger charge is 2.17. The van der Waals surface area contributed by atoms with E-state index in [1.165, 1.54) is 36.5 Å². The van der Waals surface area contributed by atoms with E-state index in [-0.39, 0.29) is 5.82 Å². The second-order valence-electron chi connectivity index (χ2n) is 5.71. The first-order valence-corrected chi connectivity index (χ1v) is 11.6. The number of nitrogens with zero attached hydrogens (tertiary/aromatic N) is 2. The number of hydrogen-bond acceptors (Lipinski definition) is 6. The zero-order valence-electron chi connectivity index (χ0n) is 14.4. The van der Waals surface area contributed by atoms with Gasteiger partial charge in [0.05, 0.1) is 0 Å². The maximum absolute atomic E-state index is 13.0. The van der Waals surface area contributed by atoms with E-state index in [2.05, 4.69) is 20.3 Å². The summed E-state index contributed by atoms with van der Waals surface area (Å²) in [6, 6.07) is 6.84. The number of benzene rings is 1. The molecule has 1 aromatic carbocycles. The Hall–Kier alpha value is -0.0800. The molecule has 136 valence electrons. The molecule has 0 saturated carbocycles. The number of halogens is 1. The third-order valence-corrected chi connectivity index (χ3v) is 6.94. The molecule has 1 N–H and O–H groups in total. The molecule has 1 aliphatic heterocycles. The molecule has 0 aromatic heterocycles. The monoisotopic (exact) mass is 389 g/mol. The highest BCUT2D eigenvalue weighted by molar-refractivity contribution is 8.12. The van der Waals surface area contributed by atoms with Crippen LogP contribution in [-0.2, 0) is 0 Å². The van der Waals surface area contributed by atoms with Gasteiger partial charge < -0.3 is 4.90 Å². The molecule has 0 unspecified atom stereocenters. The zero-order chi connectivity index (χ0) is 17.0. The molecule has 0 atom stereocenters. The number of unbranched alkanes of at least 4 members (excludes halogenated alkanes) is 1. The van der Waals surface area contributed by atoms with Crippen molar-refractivity contribution < 1.29 is 4.39 Å². The van der Waals surface area contributed by atoms with Crippen LogP contribution in [0, 0.1) is 5.82 Å². The second-order valence-corrected chi connectivity index (χ2v) is 8.96. The number of piperazine rings is 1. The topological polar surface area (TPSA) is 18.5 Å². The third kappa shape index (κ3) is 7.87. The Morgan fingerprint density at radius 3 is 2.29 bits per heavy atom. The average molecular weight is 390 g/mol. The molecule has 3 nitrogen and oxygen atoms in total. The van der Waals surface area contributed by atoms with Crippen LogP contribution in [0.1, 0.15) is 26.2 Å². The molecule has 1 fully saturated rings. The second kappa shape index (κ2) is 12.3. The first-order valence-electron chi connectivity index (χ1n) is 8.66. The lowest BCUT2D eigenvalue weighted by Gasteiger charge is -2.35. The summed E-state index contributed by atoms with van der Waals surface area (Å²) in [5.74, 6) is 3.40. The lowest BCUT2D eigenvalue weighted by atomic mass is 10.2. The molecule has 1 aliphatic rings. The first kappa shape index (κ1) is 20.2. The van der Waals surface area contributed by atoms with Crippen LogP contribution in [-0.4, -0.2) is 47.7 Å². The maximum atomic E-state index is 13.0. The Kier molecular flexibility index (Phi) is 10.4. The summed E-state index contributed by atoms with van der Waals surface area (Å²) in [5.41, 5.74) is 1.13. The standard InChI is InChI=1S/C17H28FN3S3/c1-2-3-13-22-19-23-14-4-15-24-21-11-9-20(10-12-21)17-7-5-16(18)6-8-17/h5-8,19H,2-4,9-15H2,1H3. The number of hydrogen-bond donors (Lipinski definition) is 1. The van der Waals surface area contributed by atoms with E-state index in [4.69, 9.17) is 0 Å². The summed E-state index contributed by atoms with van der Waals surface area (Å²) in [6.07, 6.45) is 3.79. The molecule has 1 saturated heterocycles. The van der Waals surface area contributed by atoms with Gasteiger partial charge in [-0.15, -0.1) is 0 Å². The number of rotatable bonds is 11. The Morgan fingerprint density at radius 1 is 0.958 bits per heavy atom. The van der Waals surface area contributed by atoms with E-state index in [0.29, 0.717) is 0 Å². The Morgan fingerprint density at radius 2 is 1.62 bits per heavy atom. The molecule has 2 rings (SSSR count). The van der Waals surface area contributed by atoms with E-state index in [1.807, 2.05) is 48.0 Å². The Balaban J connectivity index is 1.49. The van der Waals surface area contributed by atoms with E-state index >= 15 is 0 Å². The van der Waals surface area contributed by atoms with Crippen LogP contribution in [0.15, 0.2) is 24.3 Å². The summed E-state index contributed by atoms with van der Waals surface area (Å²) in [6.45, 7) is 6.40. The minimum Gasteiger partial charge on any atom is -0.369 e. The highest BCUT2D eigenvalue weighted by Crippen LogP contribution is 2.21. The molecule has 0 bridgehead atoms. The highest BCUT2D eigenvalue weighted by atomic mass is 32.2. The number of nitrogens with one attached hydrogen (secondary N) is 1. The Bertz CT molecular complexity index is 439. The van der Waals surface area contributed by atoms with Crippen LogP contribution in [0.25, 0.3) is 0 Å². The SMILES string of the molecule is CCCCSNSCCCSN1CCN(c2ccc(F)cc2)CC1. The predicted molar refractivity (Wildman–Crippen MR) is 110 cm³/mol. The summed E-state index contributed by atoms with van der Waals surface area (Å²) < 4.78 is 18.8. The molecular weight excluding hydrogens is 361 g/mol. The minimum atomic E-state index is -0.163. The summed E-state index contributed by atoms with van der Waals surface area (Å²) in [4.78, 5) is 2.34. The normalized spacial score (nSPS) is 15.8. The summed E-state index contributed by atoms with van der Waals surface area (Å²) in [5, 5.41) is 0. The van der Waals surface area contributed by atoms with Gasteiger partial charge >= 0.3 is 0 Å². The molecular formula is C17H28FN3S3. The van der Waals surface area contributed by atoms with Gasteiger partial charge in [-0.25, -0.2) is 12.8 Å². The zero-order valence-corrected chi connectivity index (χ0v) is 16.8. The van der Waals surface area contributed by atoms with E-state index < -0.39 is 0 Å². The van der Waals surface area contributed by atoms with Crippen LogP contribution in [0.3, 0.4) is 0 Å². The van der Waals surface area contributed by atoms with E-state index in [0.717, 1.165) is 31.9 Å². The molecule has 0 amide bonds. The van der Waals surface area contributed by atoms with Gasteiger partial charge in [0.15, 0.2) is 0 Å². The third-order valence-electron chi connectivity index (χ3n) is 3.81. The molecule has 0 radical (unpaired) electrons. The van der Waals surface area contributed by atoms with Crippen molar-refractivity contribution in [1.29, 1.82) is 0 Å². The van der Waals surface area contributed by atoms with Crippen LogP contribution < -0.4 is 9.03 Å². The fourth-order valence-corrected chi connectivity index (χ4v) is 5.25. The fraction of sp³-hybridized carbons (Fsp3) is 0.647. The van der Waals surface area contributed by atoms with Crippen molar-refractivity contribution in [3.63, 3.8) is 0 Å². The molecule has 0 spiro atoms. The molecule has 0 aliphatic carbocycles. The summed E-state index contributed by atoms with van der Waals surface area (Å²) >= 11 is 5.63. The van der Waals surface area contributed by atoms with Gasteiger partial charge in [-0.05, 0) is 37.1 Å². The van der Waals surface area contributed by atoms with Crippen molar-refractivity contribution in [1.82, 2.24) is 8.43 Å². The van der Waals surface area contributed by atoms with E-state index in [1.54, 1.807) is 12.1 Å². The van der Waals surface area contributed by atoms with Gasteiger partial charge in [0.1, 0.15) is 5.82 Å². The minimum absolute atomic E-state index is 0.163. The largest absolute Gasteiger partial charge is 0.369 e. The van der Waals surface area contributed by atoms with Crippen molar-refractivity contribution in [3.8, 4) is 0 Å². The van der Waals surface area contributed by atoms with Gasteiger partial charge in [-0.3, -0.25) is 0 Å². The fourth-order valence-electron chi connectivity index (χ4n) is 2.39. The van der Waals surface area contributed by atoms with Gasteiger partial charge in [-0.1, -0.05) is 49.2 Å². The van der Waals surface area contributed by atoms with Crippen LogP contribution in [0.5, 0.6) is 0 Å². The van der Waals surface area contributed by atoms with Gasteiger partial charge in [0.2, 0.25) is 0 Å². The number of anilines is 1. The van der Waals surface area contributed by atoms with Crippen LogP contribution in [0.4, 0.5) is 10.1 Å². The van der Waals surface area contributed by atoms with Crippen molar-refractivity contribution in [2.24, 2.45) is 0 Å². The van der Waals surface area contributed by atoms with Gasteiger partial charge in [-0.2, -0.15) is 0 Å². The predicted octanol–water partition coefficient (Wildman–Crippen LogP) is 4.67. The average Bonchev–Trinajstić information content (AvgIpc) is 2.62. The Labute approximate surface area is 158 Å².